The largest absolute Gasteiger partial charge is 0.497 e. The highest BCUT2D eigenvalue weighted by molar-refractivity contribution is 5.99. The van der Waals surface area contributed by atoms with Crippen molar-refractivity contribution in [1.82, 2.24) is 0 Å². The maximum Gasteiger partial charge on any atom is 0.201 e. The van der Waals surface area contributed by atoms with Crippen molar-refractivity contribution < 1.29 is 4.74 Å². The molecule has 0 radical (unpaired) electrons. The Morgan fingerprint density at radius 2 is 1.44 bits per heavy atom. The number of rotatable bonds is 5. The third-order valence-electron chi connectivity index (χ3n) is 3.43. The highest BCUT2D eigenvalue weighted by atomic mass is 16.5. The summed E-state index contributed by atoms with van der Waals surface area (Å²) in [6.45, 7) is 0. The molecule has 0 amide bonds. The summed E-state index contributed by atoms with van der Waals surface area (Å²) in [7, 11) is 1.63. The van der Waals surface area contributed by atoms with Crippen LogP contribution in [0.25, 0.3) is 0 Å². The molecule has 0 aliphatic heterocycles. The van der Waals surface area contributed by atoms with Crippen LogP contribution < -0.4 is 10.2 Å². The summed E-state index contributed by atoms with van der Waals surface area (Å²) in [6, 6.07) is 26.8. The first-order chi connectivity index (χ1) is 12.3. The van der Waals surface area contributed by atoms with Crippen LogP contribution in [-0.2, 0) is 0 Å². The molecule has 0 atom stereocenters. The van der Waals surface area contributed by atoms with Crippen LogP contribution in [-0.4, -0.2) is 12.9 Å². The number of methoxy groups -OCH3 is 1. The number of azo groups is 1. The highest BCUT2D eigenvalue weighted by Gasteiger charge is 2.02. The molecule has 3 aromatic rings. The van der Waals surface area contributed by atoms with Gasteiger partial charge >= 0.3 is 0 Å². The van der Waals surface area contributed by atoms with Crippen LogP contribution >= 0.6 is 0 Å². The topological polar surface area (TPSA) is 58.3 Å². The predicted molar refractivity (Wildman–Crippen MR) is 101 cm³/mol. The number of para-hydroxylation sites is 1. The van der Waals surface area contributed by atoms with Gasteiger partial charge < -0.3 is 4.74 Å². The number of nitrogens with zero attached hydrogens (tertiary/aromatic N) is 3. The van der Waals surface area contributed by atoms with Gasteiger partial charge in [-0.1, -0.05) is 48.5 Å². The van der Waals surface area contributed by atoms with E-state index in [0.717, 1.165) is 22.7 Å². The van der Waals surface area contributed by atoms with Crippen molar-refractivity contribution in [3.63, 3.8) is 0 Å². The van der Waals surface area contributed by atoms with E-state index in [1.807, 2.05) is 84.9 Å². The smallest absolute Gasteiger partial charge is 0.201 e. The number of ether oxygens (including phenoxy) is 1. The lowest BCUT2D eigenvalue weighted by Crippen LogP contribution is -2.00. The van der Waals surface area contributed by atoms with Crippen LogP contribution in [0.3, 0.4) is 0 Å². The first-order valence-corrected chi connectivity index (χ1v) is 7.85. The van der Waals surface area contributed by atoms with Gasteiger partial charge in [-0.2, -0.15) is 5.10 Å². The van der Waals surface area contributed by atoms with Crippen LogP contribution in [0.5, 0.6) is 5.75 Å². The van der Waals surface area contributed by atoms with Gasteiger partial charge in [-0.15, -0.1) is 10.2 Å². The van der Waals surface area contributed by atoms with E-state index in [4.69, 9.17) is 4.74 Å². The molecule has 0 bridgehead atoms. The Balaban J connectivity index is 1.84. The number of hydrogen-bond donors (Lipinski definition) is 1. The van der Waals surface area contributed by atoms with Crippen molar-refractivity contribution in [2.75, 3.05) is 12.5 Å². The Labute approximate surface area is 146 Å². The van der Waals surface area contributed by atoms with Crippen molar-refractivity contribution in [1.29, 1.82) is 0 Å². The molecule has 0 unspecified atom stereocenters. The molecule has 5 nitrogen and oxygen atoms in total. The quantitative estimate of drug-likeness (QED) is 0.300. The molecule has 5 heteroatoms. The third kappa shape index (κ3) is 4.75. The van der Waals surface area contributed by atoms with Gasteiger partial charge in [-0.05, 0) is 36.4 Å². The van der Waals surface area contributed by atoms with Gasteiger partial charge in [0.2, 0.25) is 5.84 Å². The Bertz CT molecular complexity index is 844. The fraction of sp³-hybridized carbons (Fsp3) is 0.0500. The summed E-state index contributed by atoms with van der Waals surface area (Å²) in [6.07, 6.45) is 0. The average Bonchev–Trinajstić information content (AvgIpc) is 2.70. The molecule has 0 saturated carbocycles. The Hall–Kier alpha value is -3.47. The SMILES string of the molecule is COc1ccc(N=NC(=NNc2ccccc2)c2ccccc2)cc1. The molecule has 3 aromatic carbocycles. The molecule has 0 saturated heterocycles. The first-order valence-electron chi connectivity index (χ1n) is 7.85. The van der Waals surface area contributed by atoms with Crippen molar-refractivity contribution in [3.8, 4) is 5.75 Å². The highest BCUT2D eigenvalue weighted by Crippen LogP contribution is 2.18. The van der Waals surface area contributed by atoms with Crippen molar-refractivity contribution in [2.45, 2.75) is 0 Å². The van der Waals surface area contributed by atoms with Crippen LogP contribution in [0.1, 0.15) is 5.56 Å². The van der Waals surface area contributed by atoms with E-state index in [1.54, 1.807) is 7.11 Å². The number of benzene rings is 3. The number of nitrogens with one attached hydrogen (secondary N) is 1. The molecule has 0 fully saturated rings. The van der Waals surface area contributed by atoms with Gasteiger partial charge in [0.1, 0.15) is 5.75 Å². The van der Waals surface area contributed by atoms with E-state index in [2.05, 4.69) is 20.8 Å². The number of amidine groups is 1. The second-order valence-corrected chi connectivity index (χ2v) is 5.18. The van der Waals surface area contributed by atoms with Gasteiger partial charge in [-0.25, -0.2) is 0 Å². The lowest BCUT2D eigenvalue weighted by molar-refractivity contribution is 0.415. The first kappa shape index (κ1) is 16.4. The summed E-state index contributed by atoms with van der Waals surface area (Å²) in [5.41, 5.74) is 5.50. The molecule has 0 aliphatic carbocycles. The zero-order valence-electron chi connectivity index (χ0n) is 13.8. The standard InChI is InChI=1S/C20H18N4O/c1-25-19-14-12-18(13-15-19)22-24-20(16-8-4-2-5-9-16)23-21-17-10-6-3-7-11-17/h2-15,21H,1H3. The molecule has 0 aliphatic rings. The van der Waals surface area contributed by atoms with Crippen LogP contribution in [0.15, 0.2) is 100 Å². The maximum atomic E-state index is 5.15. The predicted octanol–water partition coefficient (Wildman–Crippen LogP) is 5.25. The minimum Gasteiger partial charge on any atom is -0.497 e. The van der Waals surface area contributed by atoms with Crippen LogP contribution in [0.4, 0.5) is 11.4 Å². The van der Waals surface area contributed by atoms with Gasteiger partial charge in [-0.3, -0.25) is 5.43 Å². The monoisotopic (exact) mass is 330 g/mol. The molecule has 1 N–H and O–H groups in total. The van der Waals surface area contributed by atoms with Crippen molar-refractivity contribution in [2.24, 2.45) is 15.3 Å². The van der Waals surface area contributed by atoms with E-state index in [1.165, 1.54) is 0 Å². The summed E-state index contributed by atoms with van der Waals surface area (Å²) >= 11 is 0. The summed E-state index contributed by atoms with van der Waals surface area (Å²) < 4.78 is 5.15. The molecule has 0 heterocycles. The van der Waals surface area contributed by atoms with Gasteiger partial charge in [0.05, 0.1) is 18.5 Å². The molecule has 0 aromatic heterocycles. The molecular weight excluding hydrogens is 312 g/mol. The molecule has 25 heavy (non-hydrogen) atoms. The van der Waals surface area contributed by atoms with Crippen LogP contribution in [0.2, 0.25) is 0 Å². The van der Waals surface area contributed by atoms with Crippen molar-refractivity contribution >= 4 is 17.2 Å². The Morgan fingerprint density at radius 1 is 0.800 bits per heavy atom. The lowest BCUT2D eigenvalue weighted by atomic mass is 10.2. The van der Waals surface area contributed by atoms with E-state index in [-0.39, 0.29) is 0 Å². The minimum atomic E-state index is 0.500. The molecular formula is C20H18N4O. The van der Waals surface area contributed by atoms with Gasteiger partial charge in [0.15, 0.2) is 0 Å². The number of anilines is 1. The molecule has 124 valence electrons. The zero-order chi connectivity index (χ0) is 17.3. The second-order valence-electron chi connectivity index (χ2n) is 5.18. The van der Waals surface area contributed by atoms with E-state index < -0.39 is 0 Å². The Kier molecular flexibility index (Phi) is 5.51. The maximum absolute atomic E-state index is 5.15. The van der Waals surface area contributed by atoms with E-state index >= 15 is 0 Å². The summed E-state index contributed by atoms with van der Waals surface area (Å²) in [5, 5.41) is 13.0. The lowest BCUT2D eigenvalue weighted by Gasteiger charge is -2.03. The van der Waals surface area contributed by atoms with Gasteiger partial charge in [0.25, 0.3) is 0 Å². The second kappa shape index (κ2) is 8.40. The molecule has 0 spiro atoms. The average molecular weight is 330 g/mol. The summed E-state index contributed by atoms with van der Waals surface area (Å²) in [4.78, 5) is 0. The van der Waals surface area contributed by atoms with Gasteiger partial charge in [0, 0.05) is 5.56 Å². The Morgan fingerprint density at radius 3 is 2.08 bits per heavy atom. The fourth-order valence-electron chi connectivity index (χ4n) is 2.12. The zero-order valence-corrected chi connectivity index (χ0v) is 13.8. The van der Waals surface area contributed by atoms with E-state index in [0.29, 0.717) is 5.84 Å². The number of hydrazone groups is 1. The van der Waals surface area contributed by atoms with Crippen LogP contribution in [0, 0.1) is 0 Å². The fourth-order valence-corrected chi connectivity index (χ4v) is 2.12. The summed E-state index contributed by atoms with van der Waals surface area (Å²) in [5.74, 6) is 1.28. The van der Waals surface area contributed by atoms with E-state index in [9.17, 15) is 0 Å². The minimum absolute atomic E-state index is 0.500. The number of hydrogen-bond acceptors (Lipinski definition) is 4. The third-order valence-corrected chi connectivity index (χ3v) is 3.43. The molecule has 3 rings (SSSR count). The normalized spacial score (nSPS) is 11.5. The van der Waals surface area contributed by atoms with Crippen molar-refractivity contribution in [3.05, 3.63) is 90.5 Å².